The van der Waals surface area contributed by atoms with E-state index in [1.165, 1.54) is 0 Å². The van der Waals surface area contributed by atoms with Crippen molar-refractivity contribution in [1.29, 1.82) is 0 Å². The summed E-state index contributed by atoms with van der Waals surface area (Å²) in [7, 11) is 1.87. The molecule has 0 unspecified atom stereocenters. The van der Waals surface area contributed by atoms with Crippen molar-refractivity contribution < 1.29 is 0 Å². The molecule has 0 bridgehead atoms. The van der Waals surface area contributed by atoms with E-state index in [0.717, 1.165) is 16.3 Å². The minimum absolute atomic E-state index is 0.612. The summed E-state index contributed by atoms with van der Waals surface area (Å²) in [6.45, 7) is 2.09. The molecule has 0 aromatic carbocycles. The second-order valence-corrected chi connectivity index (χ2v) is 3.60. The van der Waals surface area contributed by atoms with Gasteiger partial charge in [0.05, 0.1) is 16.8 Å². The molecule has 0 fully saturated rings. The summed E-state index contributed by atoms with van der Waals surface area (Å²) in [6.07, 6.45) is 1.73. The number of nitrogens with two attached hydrogens (primary N) is 1. The monoisotopic (exact) mass is 183 g/mol. The van der Waals surface area contributed by atoms with E-state index in [4.69, 9.17) is 5.73 Å². The lowest BCUT2D eigenvalue weighted by atomic mass is 10.4. The number of aromatic nitrogens is 1. The van der Waals surface area contributed by atoms with E-state index in [0.29, 0.717) is 5.82 Å². The normalized spacial score (nSPS) is 9.83. The molecule has 0 aliphatic rings. The van der Waals surface area contributed by atoms with Crippen LogP contribution in [0.3, 0.4) is 0 Å². The lowest BCUT2D eigenvalue weighted by Gasteiger charge is -2.05. The van der Waals surface area contributed by atoms with Gasteiger partial charge in [0.1, 0.15) is 5.82 Å². The Morgan fingerprint density at radius 2 is 2.42 bits per heavy atom. The van der Waals surface area contributed by atoms with Gasteiger partial charge >= 0.3 is 0 Å². The van der Waals surface area contributed by atoms with Crippen LogP contribution in [0.5, 0.6) is 0 Å². The summed E-state index contributed by atoms with van der Waals surface area (Å²) in [4.78, 5) is 5.11. The van der Waals surface area contributed by atoms with Crippen molar-refractivity contribution in [3.8, 4) is 0 Å². The molecule has 0 amide bonds. The molecule has 1 aromatic rings. The maximum Gasteiger partial charge on any atom is 0.137 e. The molecule has 4 heteroatoms. The van der Waals surface area contributed by atoms with E-state index >= 15 is 0 Å². The Morgan fingerprint density at radius 1 is 1.67 bits per heavy atom. The lowest BCUT2D eigenvalue weighted by molar-refractivity contribution is 1.24. The van der Waals surface area contributed by atoms with Crippen LogP contribution in [0.2, 0.25) is 0 Å². The van der Waals surface area contributed by atoms with Crippen LogP contribution in [0.1, 0.15) is 6.92 Å². The van der Waals surface area contributed by atoms with Gasteiger partial charge in [0.15, 0.2) is 0 Å². The largest absolute Gasteiger partial charge is 0.387 e. The zero-order valence-electron chi connectivity index (χ0n) is 7.29. The van der Waals surface area contributed by atoms with Gasteiger partial charge < -0.3 is 11.1 Å². The van der Waals surface area contributed by atoms with Gasteiger partial charge in [-0.2, -0.15) is 0 Å². The molecule has 1 rings (SSSR count). The molecule has 3 nitrogen and oxygen atoms in total. The van der Waals surface area contributed by atoms with Gasteiger partial charge in [-0.3, -0.25) is 0 Å². The molecule has 0 aliphatic carbocycles. The molecule has 0 aliphatic heterocycles. The third kappa shape index (κ3) is 2.04. The number of hydrogen-bond acceptors (Lipinski definition) is 4. The molecule has 0 saturated heterocycles. The van der Waals surface area contributed by atoms with Crippen LogP contribution in [0.25, 0.3) is 0 Å². The Balaban J connectivity index is 2.91. The predicted octanol–water partition coefficient (Wildman–Crippen LogP) is 1.82. The van der Waals surface area contributed by atoms with Crippen molar-refractivity contribution in [2.75, 3.05) is 23.9 Å². The molecule has 0 spiro atoms. The second-order valence-electron chi connectivity index (χ2n) is 2.29. The van der Waals surface area contributed by atoms with Crippen LogP contribution >= 0.6 is 11.8 Å². The van der Waals surface area contributed by atoms with Gasteiger partial charge in [-0.1, -0.05) is 6.92 Å². The third-order valence-corrected chi connectivity index (χ3v) is 2.40. The molecule has 12 heavy (non-hydrogen) atoms. The highest BCUT2D eigenvalue weighted by molar-refractivity contribution is 7.99. The zero-order valence-corrected chi connectivity index (χ0v) is 8.11. The molecule has 66 valence electrons. The van der Waals surface area contributed by atoms with E-state index in [-0.39, 0.29) is 0 Å². The Morgan fingerprint density at radius 3 is 3.00 bits per heavy atom. The highest BCUT2D eigenvalue weighted by Crippen LogP contribution is 2.25. The third-order valence-electron chi connectivity index (χ3n) is 1.47. The van der Waals surface area contributed by atoms with Crippen molar-refractivity contribution >= 4 is 23.3 Å². The van der Waals surface area contributed by atoms with Crippen molar-refractivity contribution in [2.45, 2.75) is 11.8 Å². The fraction of sp³-hybridized carbons (Fsp3) is 0.375. The van der Waals surface area contributed by atoms with E-state index in [9.17, 15) is 0 Å². The molecule has 0 atom stereocenters. The summed E-state index contributed by atoms with van der Waals surface area (Å²) < 4.78 is 0. The Kier molecular flexibility index (Phi) is 3.22. The fourth-order valence-electron chi connectivity index (χ4n) is 0.863. The topological polar surface area (TPSA) is 50.9 Å². The number of anilines is 2. The molecule has 1 heterocycles. The number of nitrogen functional groups attached to an aromatic ring is 1. The average Bonchev–Trinajstić information content (AvgIpc) is 2.09. The quantitative estimate of drug-likeness (QED) is 0.702. The van der Waals surface area contributed by atoms with Crippen LogP contribution < -0.4 is 11.1 Å². The predicted molar refractivity (Wildman–Crippen MR) is 54.6 cm³/mol. The summed E-state index contributed by atoms with van der Waals surface area (Å²) in [5, 5.41) is 3.02. The van der Waals surface area contributed by atoms with Gasteiger partial charge in [0.2, 0.25) is 0 Å². The van der Waals surface area contributed by atoms with Gasteiger partial charge in [-0.15, -0.1) is 11.8 Å². The maximum absolute atomic E-state index is 5.67. The Hall–Kier alpha value is -0.900. The smallest absolute Gasteiger partial charge is 0.137 e. The minimum atomic E-state index is 0.612. The molecule has 0 saturated carbocycles. The van der Waals surface area contributed by atoms with Gasteiger partial charge in [0.25, 0.3) is 0 Å². The first-order chi connectivity index (χ1) is 5.77. The van der Waals surface area contributed by atoms with E-state index in [1.807, 2.05) is 13.1 Å². The fourth-order valence-corrected chi connectivity index (χ4v) is 1.58. The SMILES string of the molecule is CCSc1cc(NC)cnc1N. The minimum Gasteiger partial charge on any atom is -0.387 e. The van der Waals surface area contributed by atoms with Crippen molar-refractivity contribution in [2.24, 2.45) is 0 Å². The number of hydrogen-bond donors (Lipinski definition) is 2. The van der Waals surface area contributed by atoms with E-state index in [1.54, 1.807) is 18.0 Å². The lowest BCUT2D eigenvalue weighted by Crippen LogP contribution is -1.96. The molecule has 3 N–H and O–H groups in total. The van der Waals surface area contributed by atoms with Crippen LogP contribution in [0.15, 0.2) is 17.2 Å². The molecule has 1 aromatic heterocycles. The van der Waals surface area contributed by atoms with Gasteiger partial charge in [0, 0.05) is 7.05 Å². The summed E-state index contributed by atoms with van der Waals surface area (Å²) in [5.74, 6) is 1.62. The highest BCUT2D eigenvalue weighted by atomic mass is 32.2. The molecule has 0 radical (unpaired) electrons. The average molecular weight is 183 g/mol. The first-order valence-corrected chi connectivity index (χ1v) is 4.82. The van der Waals surface area contributed by atoms with Gasteiger partial charge in [-0.25, -0.2) is 4.98 Å². The van der Waals surface area contributed by atoms with Gasteiger partial charge in [-0.05, 0) is 11.8 Å². The number of nitrogens with zero attached hydrogens (tertiary/aromatic N) is 1. The molecular weight excluding hydrogens is 170 g/mol. The summed E-state index contributed by atoms with van der Waals surface area (Å²) >= 11 is 1.70. The number of rotatable bonds is 3. The van der Waals surface area contributed by atoms with Crippen LogP contribution in [0, 0.1) is 0 Å². The standard InChI is InChI=1S/C8H13N3S/c1-3-12-7-4-6(10-2)5-11-8(7)9/h4-5,10H,3H2,1-2H3,(H2,9,11). The Labute approximate surface area is 76.8 Å². The van der Waals surface area contributed by atoms with Crippen LogP contribution in [0.4, 0.5) is 11.5 Å². The second kappa shape index (κ2) is 4.21. The zero-order chi connectivity index (χ0) is 8.97. The first-order valence-electron chi connectivity index (χ1n) is 3.84. The van der Waals surface area contributed by atoms with Crippen molar-refractivity contribution in [3.05, 3.63) is 12.3 Å². The summed E-state index contributed by atoms with van der Waals surface area (Å²) in [5.41, 5.74) is 6.67. The summed E-state index contributed by atoms with van der Waals surface area (Å²) in [6, 6.07) is 2.01. The number of pyridine rings is 1. The number of thioether (sulfide) groups is 1. The van der Waals surface area contributed by atoms with Crippen LogP contribution in [-0.2, 0) is 0 Å². The van der Waals surface area contributed by atoms with E-state index < -0.39 is 0 Å². The van der Waals surface area contributed by atoms with Crippen molar-refractivity contribution in [3.63, 3.8) is 0 Å². The Bertz CT molecular complexity index is 262. The number of nitrogens with one attached hydrogen (secondary N) is 1. The molecular formula is C8H13N3S. The first kappa shape index (κ1) is 9.19. The van der Waals surface area contributed by atoms with Crippen molar-refractivity contribution in [1.82, 2.24) is 4.98 Å². The van der Waals surface area contributed by atoms with E-state index in [2.05, 4.69) is 17.2 Å². The van der Waals surface area contributed by atoms with Crippen LogP contribution in [-0.4, -0.2) is 17.8 Å². The maximum atomic E-state index is 5.67. The highest BCUT2D eigenvalue weighted by Gasteiger charge is 2.00.